The van der Waals surface area contributed by atoms with Gasteiger partial charge in [0.2, 0.25) is 0 Å². The summed E-state index contributed by atoms with van der Waals surface area (Å²) in [6, 6.07) is 7.46. The fraction of sp³-hybridized carbons (Fsp3) is 0.429. The maximum Gasteiger partial charge on any atom is 0.147 e. The lowest BCUT2D eigenvalue weighted by molar-refractivity contribution is 0.150. The van der Waals surface area contributed by atoms with Crippen LogP contribution in [0.15, 0.2) is 24.3 Å². The zero-order valence-electron chi connectivity index (χ0n) is 11.5. The molecule has 0 radical (unpaired) electrons. The van der Waals surface area contributed by atoms with Gasteiger partial charge >= 0.3 is 0 Å². The van der Waals surface area contributed by atoms with Gasteiger partial charge in [-0.2, -0.15) is 5.10 Å². The van der Waals surface area contributed by atoms with Crippen molar-refractivity contribution in [1.82, 2.24) is 14.8 Å². The van der Waals surface area contributed by atoms with E-state index in [9.17, 15) is 5.11 Å². The second-order valence-corrected chi connectivity index (χ2v) is 4.41. The minimum atomic E-state index is -0.601. The van der Waals surface area contributed by atoms with Gasteiger partial charge in [0.15, 0.2) is 0 Å². The zero-order chi connectivity index (χ0) is 13.8. The first-order chi connectivity index (χ1) is 9.10. The number of aromatic nitrogens is 3. The molecule has 0 saturated heterocycles. The predicted octanol–water partition coefficient (Wildman–Crippen LogP) is 2.03. The van der Waals surface area contributed by atoms with Crippen molar-refractivity contribution in [2.75, 3.05) is 6.61 Å². The highest BCUT2D eigenvalue weighted by atomic mass is 16.5. The Morgan fingerprint density at radius 2 is 1.95 bits per heavy atom. The molecule has 1 heterocycles. The summed E-state index contributed by atoms with van der Waals surface area (Å²) < 4.78 is 7.09. The van der Waals surface area contributed by atoms with Crippen molar-refractivity contribution in [2.24, 2.45) is 0 Å². The van der Waals surface area contributed by atoms with Crippen molar-refractivity contribution in [3.05, 3.63) is 41.5 Å². The van der Waals surface area contributed by atoms with Crippen LogP contribution in [0.4, 0.5) is 0 Å². The van der Waals surface area contributed by atoms with Crippen molar-refractivity contribution in [1.29, 1.82) is 0 Å². The number of benzene rings is 1. The maximum atomic E-state index is 10.2. The second-order valence-electron chi connectivity index (χ2n) is 4.41. The van der Waals surface area contributed by atoms with E-state index in [4.69, 9.17) is 4.74 Å². The highest BCUT2D eigenvalue weighted by molar-refractivity contribution is 5.28. The molecule has 0 spiro atoms. The normalized spacial score (nSPS) is 12.4. The summed E-state index contributed by atoms with van der Waals surface area (Å²) in [5.41, 5.74) is 0.844. The molecule has 102 valence electrons. The molecule has 0 bridgehead atoms. The molecule has 0 saturated carbocycles. The summed E-state index contributed by atoms with van der Waals surface area (Å²) in [4.78, 5) is 4.22. The van der Waals surface area contributed by atoms with Crippen molar-refractivity contribution in [3.8, 4) is 5.75 Å². The van der Waals surface area contributed by atoms with Crippen LogP contribution in [-0.4, -0.2) is 26.5 Å². The van der Waals surface area contributed by atoms with Crippen LogP contribution in [0.5, 0.6) is 5.75 Å². The summed E-state index contributed by atoms with van der Waals surface area (Å²) in [6.07, 6.45) is -0.601. The van der Waals surface area contributed by atoms with Gasteiger partial charge in [-0.05, 0) is 38.5 Å². The fourth-order valence-corrected chi connectivity index (χ4v) is 1.96. The van der Waals surface area contributed by atoms with E-state index >= 15 is 0 Å². The van der Waals surface area contributed by atoms with Crippen LogP contribution in [0.2, 0.25) is 0 Å². The summed E-state index contributed by atoms with van der Waals surface area (Å²) in [7, 11) is 0. The average molecular weight is 261 g/mol. The largest absolute Gasteiger partial charge is 0.494 e. The minimum Gasteiger partial charge on any atom is -0.494 e. The van der Waals surface area contributed by atoms with Crippen LogP contribution in [0.25, 0.3) is 0 Å². The number of aryl methyl sites for hydroxylation is 2. The van der Waals surface area contributed by atoms with Crippen LogP contribution in [0, 0.1) is 13.8 Å². The Morgan fingerprint density at radius 3 is 2.47 bits per heavy atom. The number of nitrogens with zero attached hydrogens (tertiary/aromatic N) is 3. The standard InChI is InChI=1S/C14H19N3O2/c1-4-19-13-7-5-12(6-8-13)14(18)9-17-11(3)15-10(2)16-17/h5-8,14,18H,4,9H2,1-3H3. The summed E-state index contributed by atoms with van der Waals surface area (Å²) in [5.74, 6) is 2.34. The molecule has 0 aliphatic carbocycles. The van der Waals surface area contributed by atoms with Gasteiger partial charge in [0, 0.05) is 0 Å². The summed E-state index contributed by atoms with van der Waals surface area (Å²) >= 11 is 0. The molecule has 1 N–H and O–H groups in total. The Balaban J connectivity index is 2.07. The highest BCUT2D eigenvalue weighted by Crippen LogP contribution is 2.19. The van der Waals surface area contributed by atoms with Crippen LogP contribution in [-0.2, 0) is 6.54 Å². The topological polar surface area (TPSA) is 60.2 Å². The van der Waals surface area contributed by atoms with E-state index in [0.29, 0.717) is 13.2 Å². The number of hydrogen-bond acceptors (Lipinski definition) is 4. The zero-order valence-corrected chi connectivity index (χ0v) is 11.5. The number of aliphatic hydroxyl groups excluding tert-OH is 1. The predicted molar refractivity (Wildman–Crippen MR) is 72.1 cm³/mol. The molecule has 1 unspecified atom stereocenters. The van der Waals surface area contributed by atoms with E-state index < -0.39 is 6.10 Å². The number of aliphatic hydroxyl groups is 1. The van der Waals surface area contributed by atoms with Crippen LogP contribution >= 0.6 is 0 Å². The molecular weight excluding hydrogens is 242 g/mol. The number of rotatable bonds is 5. The van der Waals surface area contributed by atoms with Gasteiger partial charge in [0.05, 0.1) is 19.3 Å². The van der Waals surface area contributed by atoms with Gasteiger partial charge in [0.25, 0.3) is 0 Å². The third-order valence-corrected chi connectivity index (χ3v) is 2.88. The minimum absolute atomic E-state index is 0.403. The summed E-state index contributed by atoms with van der Waals surface area (Å²) in [6.45, 7) is 6.70. The van der Waals surface area contributed by atoms with E-state index in [1.807, 2.05) is 45.0 Å². The molecule has 19 heavy (non-hydrogen) atoms. The van der Waals surface area contributed by atoms with Crippen LogP contribution in [0.3, 0.4) is 0 Å². The second kappa shape index (κ2) is 5.84. The highest BCUT2D eigenvalue weighted by Gasteiger charge is 2.11. The number of hydrogen-bond donors (Lipinski definition) is 1. The molecule has 1 atom stereocenters. The Hall–Kier alpha value is -1.88. The van der Waals surface area contributed by atoms with Gasteiger partial charge in [-0.3, -0.25) is 0 Å². The van der Waals surface area contributed by atoms with Gasteiger partial charge in [0.1, 0.15) is 17.4 Å². The Morgan fingerprint density at radius 1 is 1.26 bits per heavy atom. The lowest BCUT2D eigenvalue weighted by Crippen LogP contribution is -2.11. The Kier molecular flexibility index (Phi) is 4.16. The SMILES string of the molecule is CCOc1ccc(C(O)Cn2nc(C)nc2C)cc1. The van der Waals surface area contributed by atoms with E-state index in [2.05, 4.69) is 10.1 Å². The molecule has 2 aromatic rings. The van der Waals surface area contributed by atoms with Crippen molar-refractivity contribution in [3.63, 3.8) is 0 Å². The maximum absolute atomic E-state index is 10.2. The van der Waals surface area contributed by atoms with Crippen molar-refractivity contribution >= 4 is 0 Å². The molecular formula is C14H19N3O2. The van der Waals surface area contributed by atoms with Gasteiger partial charge in [-0.1, -0.05) is 12.1 Å². The Labute approximate surface area is 112 Å². The third-order valence-electron chi connectivity index (χ3n) is 2.88. The van der Waals surface area contributed by atoms with Gasteiger partial charge in [-0.15, -0.1) is 0 Å². The molecule has 0 aliphatic rings. The van der Waals surface area contributed by atoms with Crippen molar-refractivity contribution < 1.29 is 9.84 Å². The lowest BCUT2D eigenvalue weighted by atomic mass is 10.1. The Bertz CT molecular complexity index is 534. The van der Waals surface area contributed by atoms with E-state index in [1.54, 1.807) is 4.68 Å². The molecule has 0 amide bonds. The first-order valence-electron chi connectivity index (χ1n) is 6.39. The molecule has 5 heteroatoms. The molecule has 2 rings (SSSR count). The summed E-state index contributed by atoms with van der Waals surface area (Å²) in [5, 5.41) is 14.4. The smallest absolute Gasteiger partial charge is 0.147 e. The molecule has 0 fully saturated rings. The number of ether oxygens (including phenoxy) is 1. The van der Waals surface area contributed by atoms with Gasteiger partial charge < -0.3 is 9.84 Å². The molecule has 5 nitrogen and oxygen atoms in total. The molecule has 0 aliphatic heterocycles. The molecule has 1 aromatic carbocycles. The van der Waals surface area contributed by atoms with E-state index in [1.165, 1.54) is 0 Å². The lowest BCUT2D eigenvalue weighted by Gasteiger charge is -2.12. The third kappa shape index (κ3) is 3.32. The quantitative estimate of drug-likeness (QED) is 0.894. The van der Waals surface area contributed by atoms with Gasteiger partial charge in [-0.25, -0.2) is 9.67 Å². The van der Waals surface area contributed by atoms with Crippen LogP contribution in [0.1, 0.15) is 30.2 Å². The van der Waals surface area contributed by atoms with E-state index in [0.717, 1.165) is 23.0 Å². The van der Waals surface area contributed by atoms with Crippen molar-refractivity contribution in [2.45, 2.75) is 33.4 Å². The molecule has 1 aromatic heterocycles. The van der Waals surface area contributed by atoms with Crippen LogP contribution < -0.4 is 4.74 Å². The first-order valence-corrected chi connectivity index (χ1v) is 6.39. The van der Waals surface area contributed by atoms with E-state index in [-0.39, 0.29) is 0 Å². The fourth-order valence-electron chi connectivity index (χ4n) is 1.96. The average Bonchev–Trinajstić information content (AvgIpc) is 2.69. The monoisotopic (exact) mass is 261 g/mol. The first kappa shape index (κ1) is 13.5.